The first-order chi connectivity index (χ1) is 12.9. The molecule has 0 radical (unpaired) electrons. The van der Waals surface area contributed by atoms with Gasteiger partial charge in [0.15, 0.2) is 5.17 Å². The van der Waals surface area contributed by atoms with Crippen LogP contribution >= 0.6 is 35.0 Å². The summed E-state index contributed by atoms with van der Waals surface area (Å²) in [5, 5.41) is 1.11. The molecule has 8 heteroatoms. The van der Waals surface area contributed by atoms with Gasteiger partial charge in [-0.05, 0) is 36.8 Å². The maximum atomic E-state index is 13.0. The Morgan fingerprint density at radius 2 is 1.93 bits per heavy atom. The molecule has 5 nitrogen and oxygen atoms in total. The van der Waals surface area contributed by atoms with Gasteiger partial charge in [-0.3, -0.25) is 14.5 Å². The number of nitrogens with two attached hydrogens (primary N) is 1. The number of hydrogen-bond acceptors (Lipinski definition) is 4. The second-order valence-corrected chi connectivity index (χ2v) is 7.53. The summed E-state index contributed by atoms with van der Waals surface area (Å²) >= 11 is 13.4. The molecule has 0 aromatic heterocycles. The third kappa shape index (κ3) is 4.35. The van der Waals surface area contributed by atoms with E-state index in [1.807, 2.05) is 31.2 Å². The van der Waals surface area contributed by atoms with E-state index >= 15 is 0 Å². The van der Waals surface area contributed by atoms with Crippen LogP contribution in [0.3, 0.4) is 0 Å². The Balaban J connectivity index is 2.01. The number of halogens is 2. The van der Waals surface area contributed by atoms with Crippen molar-refractivity contribution in [2.24, 2.45) is 10.7 Å². The Hall–Kier alpha value is -2.28. The number of nitrogens with zero attached hydrogens (tertiary/aromatic N) is 2. The van der Waals surface area contributed by atoms with E-state index in [-0.39, 0.29) is 17.4 Å². The highest BCUT2D eigenvalue weighted by Gasteiger charge is 2.32. The van der Waals surface area contributed by atoms with Gasteiger partial charge in [0.05, 0.1) is 21.5 Å². The van der Waals surface area contributed by atoms with Crippen LogP contribution in [0.25, 0.3) is 6.08 Å². The van der Waals surface area contributed by atoms with E-state index in [1.165, 1.54) is 4.90 Å². The molecule has 1 aliphatic heterocycles. The molecule has 0 saturated heterocycles. The summed E-state index contributed by atoms with van der Waals surface area (Å²) in [5.74, 6) is -0.796. The van der Waals surface area contributed by atoms with E-state index in [0.717, 1.165) is 17.3 Å². The number of rotatable bonds is 4. The lowest BCUT2D eigenvalue weighted by Crippen LogP contribution is -2.31. The number of benzene rings is 2. The molecular formula is C19H15Cl2N3O2S. The number of primary amides is 1. The topological polar surface area (TPSA) is 75.8 Å². The molecule has 3 rings (SSSR count). The molecule has 138 valence electrons. The molecule has 2 aromatic carbocycles. The van der Waals surface area contributed by atoms with E-state index in [0.29, 0.717) is 26.5 Å². The van der Waals surface area contributed by atoms with Crippen molar-refractivity contribution in [3.63, 3.8) is 0 Å². The van der Waals surface area contributed by atoms with Crippen LogP contribution in [0.5, 0.6) is 0 Å². The first kappa shape index (κ1) is 19.5. The van der Waals surface area contributed by atoms with Crippen molar-refractivity contribution in [2.45, 2.75) is 6.92 Å². The number of anilines is 1. The Kier molecular flexibility index (Phi) is 5.89. The third-order valence-electron chi connectivity index (χ3n) is 3.74. The molecule has 0 bridgehead atoms. The van der Waals surface area contributed by atoms with Gasteiger partial charge in [0.1, 0.15) is 5.70 Å². The van der Waals surface area contributed by atoms with Crippen molar-refractivity contribution in [3.05, 3.63) is 69.3 Å². The largest absolute Gasteiger partial charge is 0.369 e. The van der Waals surface area contributed by atoms with E-state index in [1.54, 1.807) is 24.3 Å². The van der Waals surface area contributed by atoms with E-state index in [2.05, 4.69) is 4.99 Å². The maximum Gasteiger partial charge on any atom is 0.283 e. The second kappa shape index (κ2) is 8.17. The van der Waals surface area contributed by atoms with Crippen LogP contribution < -0.4 is 10.6 Å². The number of hydrogen-bond donors (Lipinski definition) is 1. The van der Waals surface area contributed by atoms with Gasteiger partial charge in [-0.25, -0.2) is 4.99 Å². The summed E-state index contributed by atoms with van der Waals surface area (Å²) in [5.41, 5.74) is 7.74. The zero-order valence-electron chi connectivity index (χ0n) is 14.3. The molecular weight excluding hydrogens is 405 g/mol. The van der Waals surface area contributed by atoms with Gasteiger partial charge in [-0.15, -0.1) is 0 Å². The summed E-state index contributed by atoms with van der Waals surface area (Å²) in [6.45, 7) is 1.96. The fourth-order valence-electron chi connectivity index (χ4n) is 2.43. The van der Waals surface area contributed by atoms with Crippen molar-refractivity contribution < 1.29 is 9.59 Å². The Morgan fingerprint density at radius 3 is 2.59 bits per heavy atom. The number of aryl methyl sites for hydroxylation is 1. The number of carbonyl (C=O) groups is 2. The smallest absolute Gasteiger partial charge is 0.283 e. The Bertz CT molecular complexity index is 971. The molecule has 2 amide bonds. The van der Waals surface area contributed by atoms with Gasteiger partial charge in [-0.2, -0.15) is 0 Å². The van der Waals surface area contributed by atoms with Gasteiger partial charge in [0, 0.05) is 0 Å². The molecule has 0 saturated carbocycles. The number of thioether (sulfide) groups is 1. The summed E-state index contributed by atoms with van der Waals surface area (Å²) in [6, 6.07) is 12.6. The van der Waals surface area contributed by atoms with Crippen LogP contribution in [0.15, 0.2) is 53.2 Å². The summed E-state index contributed by atoms with van der Waals surface area (Å²) in [6.07, 6.45) is 1.58. The zero-order valence-corrected chi connectivity index (χ0v) is 16.6. The fourth-order valence-corrected chi connectivity index (χ4v) is 3.54. The Morgan fingerprint density at radius 1 is 1.22 bits per heavy atom. The summed E-state index contributed by atoms with van der Waals surface area (Å²) in [7, 11) is 0. The lowest BCUT2D eigenvalue weighted by molar-refractivity contribution is -0.115. The zero-order chi connectivity index (χ0) is 19.6. The van der Waals surface area contributed by atoms with Crippen molar-refractivity contribution in [3.8, 4) is 0 Å². The van der Waals surface area contributed by atoms with E-state index < -0.39 is 5.91 Å². The minimum atomic E-state index is -0.491. The second-order valence-electron chi connectivity index (χ2n) is 5.80. The molecule has 1 heterocycles. The number of amidine groups is 1. The number of aliphatic imine (C=N–C) groups is 1. The monoisotopic (exact) mass is 419 g/mol. The average Bonchev–Trinajstić information content (AvgIpc) is 2.94. The maximum absolute atomic E-state index is 13.0. The van der Waals surface area contributed by atoms with Gasteiger partial charge < -0.3 is 5.73 Å². The van der Waals surface area contributed by atoms with Crippen LogP contribution in [-0.4, -0.2) is 22.7 Å². The third-order valence-corrected chi connectivity index (χ3v) is 5.53. The Labute approximate surface area is 170 Å². The molecule has 1 aliphatic rings. The molecule has 0 unspecified atom stereocenters. The van der Waals surface area contributed by atoms with Crippen molar-refractivity contribution in [1.29, 1.82) is 0 Å². The van der Waals surface area contributed by atoms with Crippen LogP contribution in [0.2, 0.25) is 10.0 Å². The van der Waals surface area contributed by atoms with Gasteiger partial charge >= 0.3 is 0 Å². The van der Waals surface area contributed by atoms with Crippen molar-refractivity contribution in [2.75, 3.05) is 10.7 Å². The molecule has 0 aliphatic carbocycles. The van der Waals surface area contributed by atoms with Crippen LogP contribution in [0.1, 0.15) is 11.1 Å². The van der Waals surface area contributed by atoms with E-state index in [9.17, 15) is 9.59 Å². The van der Waals surface area contributed by atoms with Gasteiger partial charge in [-0.1, -0.05) is 64.8 Å². The van der Waals surface area contributed by atoms with Crippen LogP contribution in [-0.2, 0) is 9.59 Å². The predicted molar refractivity (Wildman–Crippen MR) is 112 cm³/mol. The van der Waals surface area contributed by atoms with Crippen LogP contribution in [0.4, 0.5) is 5.69 Å². The lowest BCUT2D eigenvalue weighted by Gasteiger charge is -2.17. The number of amides is 2. The predicted octanol–water partition coefficient (Wildman–Crippen LogP) is 4.26. The first-order valence-electron chi connectivity index (χ1n) is 7.93. The molecule has 2 aromatic rings. The molecule has 0 fully saturated rings. The minimum absolute atomic E-state index is 0.0136. The number of carbonyl (C=O) groups excluding carboxylic acids is 2. The summed E-state index contributed by atoms with van der Waals surface area (Å²) < 4.78 is 0. The highest BCUT2D eigenvalue weighted by molar-refractivity contribution is 8.14. The highest BCUT2D eigenvalue weighted by atomic mass is 35.5. The molecule has 0 spiro atoms. The quantitative estimate of drug-likeness (QED) is 0.751. The highest BCUT2D eigenvalue weighted by Crippen LogP contribution is 2.32. The van der Waals surface area contributed by atoms with Gasteiger partial charge in [0.25, 0.3) is 5.91 Å². The SMILES string of the molecule is Cc1ccc(N2C(=O)C(=Cc3cccc(Cl)c3Cl)N=C2SCC(N)=O)cc1. The minimum Gasteiger partial charge on any atom is -0.369 e. The fraction of sp³-hybridized carbons (Fsp3) is 0.105. The van der Waals surface area contributed by atoms with Gasteiger partial charge in [0.2, 0.25) is 5.91 Å². The molecule has 0 atom stereocenters. The lowest BCUT2D eigenvalue weighted by atomic mass is 10.2. The average molecular weight is 420 g/mol. The molecule has 27 heavy (non-hydrogen) atoms. The summed E-state index contributed by atoms with van der Waals surface area (Å²) in [4.78, 5) is 30.0. The van der Waals surface area contributed by atoms with Crippen molar-refractivity contribution in [1.82, 2.24) is 0 Å². The van der Waals surface area contributed by atoms with E-state index in [4.69, 9.17) is 28.9 Å². The standard InChI is InChI=1S/C19H15Cl2N3O2S/c1-11-5-7-13(8-6-11)24-18(26)15(23-19(24)27-10-16(22)25)9-12-3-2-4-14(20)17(12)21/h2-9H,10H2,1H3,(H2,22,25). The normalized spacial score (nSPS) is 15.4. The molecule has 2 N–H and O–H groups in total. The van der Waals surface area contributed by atoms with Crippen LogP contribution in [0, 0.1) is 6.92 Å². The van der Waals surface area contributed by atoms with Crippen molar-refractivity contribution >= 4 is 63.7 Å². The first-order valence-corrected chi connectivity index (χ1v) is 9.67.